The molecule has 0 spiro atoms. The van der Waals surface area contributed by atoms with E-state index >= 15 is 0 Å². The SMILES string of the molecule is O=C(Cc1ccccc1)Nc1ccc(C(=O)Nc2ccc(OCc3ccccc3)cc2)cc1. The molecule has 0 aliphatic heterocycles. The number of amides is 2. The summed E-state index contributed by atoms with van der Waals surface area (Å²) in [6, 6.07) is 33.5. The van der Waals surface area contributed by atoms with E-state index in [1.54, 1.807) is 36.4 Å². The van der Waals surface area contributed by atoms with Crippen LogP contribution in [0.5, 0.6) is 5.75 Å². The van der Waals surface area contributed by atoms with Gasteiger partial charge in [0.05, 0.1) is 6.42 Å². The first-order chi connectivity index (χ1) is 16.2. The molecule has 4 aromatic rings. The Bertz CT molecular complexity index is 1190. The molecule has 0 aromatic heterocycles. The van der Waals surface area contributed by atoms with E-state index in [4.69, 9.17) is 4.74 Å². The van der Waals surface area contributed by atoms with Crippen LogP contribution >= 0.6 is 0 Å². The number of nitrogens with one attached hydrogen (secondary N) is 2. The quantitative estimate of drug-likeness (QED) is 0.372. The van der Waals surface area contributed by atoms with E-state index in [9.17, 15) is 9.59 Å². The van der Waals surface area contributed by atoms with Crippen molar-refractivity contribution in [2.24, 2.45) is 0 Å². The molecule has 2 amide bonds. The van der Waals surface area contributed by atoms with Gasteiger partial charge in [-0.3, -0.25) is 9.59 Å². The minimum Gasteiger partial charge on any atom is -0.489 e. The molecule has 33 heavy (non-hydrogen) atoms. The Hall–Kier alpha value is -4.38. The van der Waals surface area contributed by atoms with Crippen LogP contribution in [-0.2, 0) is 17.8 Å². The molecule has 164 valence electrons. The van der Waals surface area contributed by atoms with Gasteiger partial charge in [-0.1, -0.05) is 60.7 Å². The van der Waals surface area contributed by atoms with Gasteiger partial charge in [-0.05, 0) is 59.7 Å². The summed E-state index contributed by atoms with van der Waals surface area (Å²) in [5, 5.41) is 5.72. The van der Waals surface area contributed by atoms with Crippen LogP contribution in [0.1, 0.15) is 21.5 Å². The van der Waals surface area contributed by atoms with Gasteiger partial charge in [-0.15, -0.1) is 0 Å². The first-order valence-corrected chi connectivity index (χ1v) is 10.7. The standard InChI is InChI=1S/C28H24N2O3/c31-27(19-21-7-3-1-4-8-21)29-24-13-11-23(12-14-24)28(32)30-25-15-17-26(18-16-25)33-20-22-9-5-2-6-10-22/h1-18H,19-20H2,(H,29,31)(H,30,32). The van der Waals surface area contributed by atoms with Crippen molar-refractivity contribution in [2.75, 3.05) is 10.6 Å². The summed E-state index contributed by atoms with van der Waals surface area (Å²) < 4.78 is 5.77. The zero-order chi connectivity index (χ0) is 22.9. The molecular formula is C28H24N2O3. The van der Waals surface area contributed by atoms with Crippen LogP contribution in [0.2, 0.25) is 0 Å². The Balaban J connectivity index is 1.28. The predicted molar refractivity (Wildman–Crippen MR) is 130 cm³/mol. The molecule has 4 aromatic carbocycles. The lowest BCUT2D eigenvalue weighted by Crippen LogP contribution is -2.15. The van der Waals surface area contributed by atoms with Crippen LogP contribution in [0, 0.1) is 0 Å². The van der Waals surface area contributed by atoms with Crippen molar-refractivity contribution in [3.05, 3.63) is 126 Å². The third-order valence-electron chi connectivity index (χ3n) is 5.00. The van der Waals surface area contributed by atoms with Crippen molar-refractivity contribution in [1.82, 2.24) is 0 Å². The summed E-state index contributed by atoms with van der Waals surface area (Å²) in [5.74, 6) is 0.399. The lowest BCUT2D eigenvalue weighted by Gasteiger charge is -2.09. The highest BCUT2D eigenvalue weighted by Gasteiger charge is 2.08. The number of rotatable bonds is 8. The van der Waals surface area contributed by atoms with Gasteiger partial charge in [0.25, 0.3) is 5.91 Å². The predicted octanol–water partition coefficient (Wildman–Crippen LogP) is 5.70. The molecule has 0 aliphatic rings. The highest BCUT2D eigenvalue weighted by atomic mass is 16.5. The van der Waals surface area contributed by atoms with Gasteiger partial charge >= 0.3 is 0 Å². The molecule has 4 rings (SSSR count). The molecule has 0 unspecified atom stereocenters. The van der Waals surface area contributed by atoms with Crippen molar-refractivity contribution in [3.8, 4) is 5.75 Å². The number of carbonyl (C=O) groups excluding carboxylic acids is 2. The van der Waals surface area contributed by atoms with E-state index in [2.05, 4.69) is 10.6 Å². The lowest BCUT2D eigenvalue weighted by atomic mass is 10.1. The molecule has 0 saturated heterocycles. The van der Waals surface area contributed by atoms with Crippen LogP contribution in [0.15, 0.2) is 109 Å². The van der Waals surface area contributed by atoms with Gasteiger partial charge in [-0.2, -0.15) is 0 Å². The molecule has 0 bridgehead atoms. The Labute approximate surface area is 193 Å². The third kappa shape index (κ3) is 6.55. The smallest absolute Gasteiger partial charge is 0.255 e. The molecule has 2 N–H and O–H groups in total. The molecule has 5 heteroatoms. The molecule has 0 heterocycles. The van der Waals surface area contributed by atoms with E-state index in [1.165, 1.54) is 0 Å². The van der Waals surface area contributed by atoms with Crippen LogP contribution < -0.4 is 15.4 Å². The van der Waals surface area contributed by atoms with E-state index in [0.29, 0.717) is 30.0 Å². The number of ether oxygens (including phenoxy) is 1. The average Bonchev–Trinajstić information content (AvgIpc) is 2.85. The van der Waals surface area contributed by atoms with Gasteiger partial charge in [0, 0.05) is 16.9 Å². The van der Waals surface area contributed by atoms with Crippen molar-refractivity contribution >= 4 is 23.2 Å². The summed E-state index contributed by atoms with van der Waals surface area (Å²) in [6.07, 6.45) is 0.300. The van der Waals surface area contributed by atoms with Crippen molar-refractivity contribution in [1.29, 1.82) is 0 Å². The highest BCUT2D eigenvalue weighted by Crippen LogP contribution is 2.18. The number of hydrogen-bond acceptors (Lipinski definition) is 3. The van der Waals surface area contributed by atoms with Crippen LogP contribution in [0.25, 0.3) is 0 Å². The molecule has 0 saturated carbocycles. The largest absolute Gasteiger partial charge is 0.489 e. The molecular weight excluding hydrogens is 412 g/mol. The minimum absolute atomic E-state index is 0.104. The number of anilines is 2. The van der Waals surface area contributed by atoms with Gasteiger partial charge < -0.3 is 15.4 Å². The monoisotopic (exact) mass is 436 g/mol. The second kappa shape index (κ2) is 10.8. The number of carbonyl (C=O) groups is 2. The van der Waals surface area contributed by atoms with Gasteiger partial charge in [0.2, 0.25) is 5.91 Å². The Morgan fingerprint density at radius 3 is 1.79 bits per heavy atom. The molecule has 5 nitrogen and oxygen atoms in total. The zero-order valence-electron chi connectivity index (χ0n) is 18.0. The average molecular weight is 437 g/mol. The summed E-state index contributed by atoms with van der Waals surface area (Å²) in [5.41, 5.74) is 3.86. The molecule has 0 fully saturated rings. The van der Waals surface area contributed by atoms with E-state index < -0.39 is 0 Å². The second-order valence-electron chi connectivity index (χ2n) is 7.54. The second-order valence-corrected chi connectivity index (χ2v) is 7.54. The lowest BCUT2D eigenvalue weighted by molar-refractivity contribution is -0.115. The maximum atomic E-state index is 12.6. The first kappa shape index (κ1) is 21.8. The molecule has 0 atom stereocenters. The van der Waals surface area contributed by atoms with E-state index in [-0.39, 0.29) is 11.8 Å². The number of benzene rings is 4. The van der Waals surface area contributed by atoms with E-state index in [1.807, 2.05) is 72.8 Å². The molecule has 0 radical (unpaired) electrons. The van der Waals surface area contributed by atoms with Crippen molar-refractivity contribution in [2.45, 2.75) is 13.0 Å². The fraction of sp³-hybridized carbons (Fsp3) is 0.0714. The number of hydrogen-bond donors (Lipinski definition) is 2. The fourth-order valence-electron chi connectivity index (χ4n) is 3.27. The Morgan fingerprint density at radius 2 is 1.15 bits per heavy atom. The maximum absolute atomic E-state index is 12.6. The Morgan fingerprint density at radius 1 is 0.606 bits per heavy atom. The van der Waals surface area contributed by atoms with Crippen molar-refractivity contribution in [3.63, 3.8) is 0 Å². The van der Waals surface area contributed by atoms with Gasteiger partial charge in [0.1, 0.15) is 12.4 Å². The normalized spacial score (nSPS) is 10.3. The fourth-order valence-corrected chi connectivity index (χ4v) is 3.27. The van der Waals surface area contributed by atoms with Gasteiger partial charge in [0.15, 0.2) is 0 Å². The summed E-state index contributed by atoms with van der Waals surface area (Å²) in [7, 11) is 0. The van der Waals surface area contributed by atoms with Crippen LogP contribution in [0.4, 0.5) is 11.4 Å². The highest BCUT2D eigenvalue weighted by molar-refractivity contribution is 6.04. The van der Waals surface area contributed by atoms with Crippen LogP contribution in [0.3, 0.4) is 0 Å². The van der Waals surface area contributed by atoms with E-state index in [0.717, 1.165) is 16.9 Å². The maximum Gasteiger partial charge on any atom is 0.255 e. The Kier molecular flexibility index (Phi) is 7.13. The summed E-state index contributed by atoms with van der Waals surface area (Å²) >= 11 is 0. The zero-order valence-corrected chi connectivity index (χ0v) is 18.0. The first-order valence-electron chi connectivity index (χ1n) is 10.7. The van der Waals surface area contributed by atoms with Crippen molar-refractivity contribution < 1.29 is 14.3 Å². The minimum atomic E-state index is -0.227. The van der Waals surface area contributed by atoms with Crippen LogP contribution in [-0.4, -0.2) is 11.8 Å². The summed E-state index contributed by atoms with van der Waals surface area (Å²) in [4.78, 5) is 24.8. The third-order valence-corrected chi connectivity index (χ3v) is 5.00. The topological polar surface area (TPSA) is 67.4 Å². The molecule has 0 aliphatic carbocycles. The summed E-state index contributed by atoms with van der Waals surface area (Å²) in [6.45, 7) is 0.487. The van der Waals surface area contributed by atoms with Gasteiger partial charge in [-0.25, -0.2) is 0 Å².